The van der Waals surface area contributed by atoms with Crippen LogP contribution in [-0.4, -0.2) is 10.9 Å². The van der Waals surface area contributed by atoms with Crippen LogP contribution in [0.4, 0.5) is 0 Å². The molecule has 3 heteroatoms. The van der Waals surface area contributed by atoms with Crippen molar-refractivity contribution < 1.29 is 9.90 Å². The van der Waals surface area contributed by atoms with E-state index < -0.39 is 6.10 Å². The lowest BCUT2D eigenvalue weighted by Crippen LogP contribution is -2.04. The number of hydrogen-bond acceptors (Lipinski definition) is 3. The largest absolute Gasteiger partial charge is 0.388 e. The first-order valence-electron chi connectivity index (χ1n) is 6.47. The molecule has 0 saturated carbocycles. The smallest absolute Gasteiger partial charge is 0.162 e. The highest BCUT2D eigenvalue weighted by atomic mass is 16.3. The molecule has 2 aromatic rings. The lowest BCUT2D eigenvalue weighted by molar-refractivity contribution is 0.0940. The van der Waals surface area contributed by atoms with Gasteiger partial charge in [0.2, 0.25) is 0 Å². The van der Waals surface area contributed by atoms with Crippen LogP contribution in [0.2, 0.25) is 0 Å². The average molecular weight is 265 g/mol. The molecule has 100 valence electrons. The molecule has 3 nitrogen and oxygen atoms in total. The lowest BCUT2D eigenvalue weighted by Gasteiger charge is -2.10. The Labute approximate surface area is 118 Å². The molecule has 0 fully saturated rings. The van der Waals surface area contributed by atoms with E-state index in [1.807, 2.05) is 24.3 Å². The molecule has 0 aromatic heterocycles. The van der Waals surface area contributed by atoms with Crippen LogP contribution < -0.4 is 0 Å². The fourth-order valence-corrected chi connectivity index (χ4v) is 1.98. The Bertz CT molecular complexity index is 612. The van der Waals surface area contributed by atoms with Crippen molar-refractivity contribution in [3.63, 3.8) is 0 Å². The zero-order chi connectivity index (χ0) is 14.4. The Morgan fingerprint density at radius 1 is 1.10 bits per heavy atom. The number of nitrogens with zero attached hydrogens (tertiary/aromatic N) is 1. The van der Waals surface area contributed by atoms with Crippen LogP contribution in [0.15, 0.2) is 54.6 Å². The van der Waals surface area contributed by atoms with Crippen molar-refractivity contribution in [2.45, 2.75) is 18.9 Å². The monoisotopic (exact) mass is 265 g/mol. The predicted octanol–water partition coefficient (Wildman–Crippen LogP) is 3.25. The zero-order valence-electron chi connectivity index (χ0n) is 11.0. The standard InChI is InChI=1S/C17H15NO2/c18-12-13-6-8-15(9-7-13)17(20)11-10-16(19)14-4-2-1-3-5-14/h1-9,17,20H,10-11H2. The van der Waals surface area contributed by atoms with Gasteiger partial charge in [0.15, 0.2) is 5.78 Å². The van der Waals surface area contributed by atoms with E-state index in [2.05, 4.69) is 0 Å². The summed E-state index contributed by atoms with van der Waals surface area (Å²) in [5.41, 5.74) is 1.95. The topological polar surface area (TPSA) is 61.1 Å². The molecule has 0 radical (unpaired) electrons. The predicted molar refractivity (Wildman–Crippen MR) is 76.1 cm³/mol. The van der Waals surface area contributed by atoms with Crippen LogP contribution in [-0.2, 0) is 0 Å². The van der Waals surface area contributed by atoms with E-state index in [0.717, 1.165) is 5.56 Å². The Hall–Kier alpha value is -2.44. The second-order valence-electron chi connectivity index (χ2n) is 4.58. The van der Waals surface area contributed by atoms with Crippen molar-refractivity contribution in [3.05, 3.63) is 71.3 Å². The molecule has 0 aliphatic heterocycles. The molecule has 0 aliphatic carbocycles. The molecule has 0 bridgehead atoms. The Morgan fingerprint density at radius 2 is 1.75 bits per heavy atom. The molecule has 0 saturated heterocycles. The van der Waals surface area contributed by atoms with Gasteiger partial charge in [-0.05, 0) is 24.1 Å². The minimum atomic E-state index is -0.685. The van der Waals surface area contributed by atoms with Crippen LogP contribution in [0.25, 0.3) is 0 Å². The van der Waals surface area contributed by atoms with Gasteiger partial charge in [0.25, 0.3) is 0 Å². The molecule has 0 aliphatic rings. The van der Waals surface area contributed by atoms with E-state index >= 15 is 0 Å². The maximum Gasteiger partial charge on any atom is 0.162 e. The van der Waals surface area contributed by atoms with Gasteiger partial charge < -0.3 is 5.11 Å². The van der Waals surface area contributed by atoms with Gasteiger partial charge in [0.05, 0.1) is 17.7 Å². The van der Waals surface area contributed by atoms with Crippen molar-refractivity contribution >= 4 is 5.78 Å². The lowest BCUT2D eigenvalue weighted by atomic mass is 10.00. The molecule has 0 heterocycles. The van der Waals surface area contributed by atoms with E-state index in [9.17, 15) is 9.90 Å². The third-order valence-electron chi connectivity index (χ3n) is 3.17. The van der Waals surface area contributed by atoms with Crippen molar-refractivity contribution in [3.8, 4) is 6.07 Å². The summed E-state index contributed by atoms with van der Waals surface area (Å²) in [6.07, 6.45) is -0.0134. The number of carbonyl (C=O) groups excluding carboxylic acids is 1. The normalized spacial score (nSPS) is 11.6. The van der Waals surface area contributed by atoms with Crippen molar-refractivity contribution in [1.29, 1.82) is 5.26 Å². The van der Waals surface area contributed by atoms with Crippen LogP contribution in [0.3, 0.4) is 0 Å². The number of aliphatic hydroxyl groups is 1. The van der Waals surface area contributed by atoms with Gasteiger partial charge in [-0.2, -0.15) is 5.26 Å². The summed E-state index contributed by atoms with van der Waals surface area (Å²) < 4.78 is 0. The molecule has 20 heavy (non-hydrogen) atoms. The minimum Gasteiger partial charge on any atom is -0.388 e. The summed E-state index contributed by atoms with van der Waals surface area (Å²) in [6.45, 7) is 0. The van der Waals surface area contributed by atoms with Crippen molar-refractivity contribution in [2.75, 3.05) is 0 Å². The van der Waals surface area contributed by atoms with Gasteiger partial charge in [-0.15, -0.1) is 0 Å². The molecule has 1 unspecified atom stereocenters. The quantitative estimate of drug-likeness (QED) is 0.844. The van der Waals surface area contributed by atoms with Crippen LogP contribution in [0, 0.1) is 11.3 Å². The van der Waals surface area contributed by atoms with E-state index in [4.69, 9.17) is 5.26 Å². The summed E-state index contributed by atoms with van der Waals surface area (Å²) in [7, 11) is 0. The number of aliphatic hydroxyl groups excluding tert-OH is 1. The summed E-state index contributed by atoms with van der Waals surface area (Å²) in [5.74, 6) is 0.0262. The highest BCUT2D eigenvalue weighted by Crippen LogP contribution is 2.20. The van der Waals surface area contributed by atoms with Crippen molar-refractivity contribution in [1.82, 2.24) is 0 Å². The summed E-state index contributed by atoms with van der Waals surface area (Å²) in [5, 5.41) is 18.8. The van der Waals surface area contributed by atoms with Crippen LogP contribution in [0.1, 0.15) is 40.4 Å². The van der Waals surface area contributed by atoms with E-state index in [1.165, 1.54) is 0 Å². The third kappa shape index (κ3) is 3.53. The number of Topliss-reactive ketones (excluding diaryl/α,β-unsaturated/α-hetero) is 1. The first-order valence-corrected chi connectivity index (χ1v) is 6.47. The number of ketones is 1. The van der Waals surface area contributed by atoms with Gasteiger partial charge in [-0.1, -0.05) is 42.5 Å². The highest BCUT2D eigenvalue weighted by Gasteiger charge is 2.11. The summed E-state index contributed by atoms with van der Waals surface area (Å²) >= 11 is 0. The van der Waals surface area contributed by atoms with Gasteiger partial charge in [-0.25, -0.2) is 0 Å². The number of hydrogen-bond donors (Lipinski definition) is 1. The molecule has 0 amide bonds. The van der Waals surface area contributed by atoms with Gasteiger partial charge >= 0.3 is 0 Å². The number of rotatable bonds is 5. The van der Waals surface area contributed by atoms with Gasteiger partial charge in [-0.3, -0.25) is 4.79 Å². The fraction of sp³-hybridized carbons (Fsp3) is 0.176. The number of benzene rings is 2. The fourth-order valence-electron chi connectivity index (χ4n) is 1.98. The Balaban J connectivity index is 1.93. The molecular weight excluding hydrogens is 250 g/mol. The van der Waals surface area contributed by atoms with Crippen molar-refractivity contribution in [2.24, 2.45) is 0 Å². The van der Waals surface area contributed by atoms with E-state index in [0.29, 0.717) is 24.0 Å². The summed E-state index contributed by atoms with van der Waals surface area (Å²) in [6, 6.07) is 17.9. The second-order valence-corrected chi connectivity index (χ2v) is 4.58. The summed E-state index contributed by atoms with van der Waals surface area (Å²) in [4.78, 5) is 11.9. The third-order valence-corrected chi connectivity index (χ3v) is 3.17. The molecule has 2 rings (SSSR count). The Morgan fingerprint density at radius 3 is 2.35 bits per heavy atom. The minimum absolute atomic E-state index is 0.0262. The molecule has 1 N–H and O–H groups in total. The maximum absolute atomic E-state index is 11.9. The number of nitriles is 1. The maximum atomic E-state index is 11.9. The van der Waals surface area contributed by atoms with E-state index in [1.54, 1.807) is 36.4 Å². The molecule has 1 atom stereocenters. The number of carbonyl (C=O) groups is 1. The Kier molecular flexibility index (Phi) is 4.65. The van der Waals surface area contributed by atoms with Gasteiger partial charge in [0.1, 0.15) is 0 Å². The molecule has 0 spiro atoms. The second kappa shape index (κ2) is 6.65. The van der Waals surface area contributed by atoms with E-state index in [-0.39, 0.29) is 5.78 Å². The highest BCUT2D eigenvalue weighted by molar-refractivity contribution is 5.95. The SMILES string of the molecule is N#Cc1ccc(C(O)CCC(=O)c2ccccc2)cc1. The molecule has 2 aromatic carbocycles. The molecular formula is C17H15NO2. The first kappa shape index (κ1) is 14.0. The van der Waals surface area contributed by atoms with Gasteiger partial charge in [0, 0.05) is 12.0 Å². The first-order chi connectivity index (χ1) is 9.70. The average Bonchev–Trinajstić information content (AvgIpc) is 2.53. The zero-order valence-corrected chi connectivity index (χ0v) is 11.0. The van der Waals surface area contributed by atoms with Crippen LogP contribution >= 0.6 is 0 Å². The van der Waals surface area contributed by atoms with Crippen LogP contribution in [0.5, 0.6) is 0 Å².